The molecule has 2 aliphatic carbocycles. The van der Waals surface area contributed by atoms with Crippen LogP contribution in [0.4, 0.5) is 0 Å². The van der Waals surface area contributed by atoms with Crippen molar-refractivity contribution >= 4 is 17.5 Å². The summed E-state index contributed by atoms with van der Waals surface area (Å²) in [6.07, 6.45) is 6.87. The highest BCUT2D eigenvalue weighted by Crippen LogP contribution is 2.33. The molecule has 0 aromatic carbocycles. The summed E-state index contributed by atoms with van der Waals surface area (Å²) < 4.78 is 5.51. The molecular weight excluding hydrogens is 262 g/mol. The molecule has 19 heavy (non-hydrogen) atoms. The largest absolute Gasteiger partial charge is 0.378 e. The van der Waals surface area contributed by atoms with Crippen LogP contribution in [0.25, 0.3) is 0 Å². The van der Waals surface area contributed by atoms with Gasteiger partial charge in [0, 0.05) is 25.5 Å². The van der Waals surface area contributed by atoms with E-state index in [0.29, 0.717) is 30.3 Å². The zero-order chi connectivity index (χ0) is 13.7. The smallest absolute Gasteiger partial charge is 0.220 e. The molecule has 2 aliphatic rings. The number of halogens is 1. The standard InChI is InChI=1S/C15H26ClNO2/c1-2-19-14-6-11(7-14)8-15(18)17-10-13-5-3-4-12(13)9-16/h11-14H,2-10H2,1H3,(H,17,18). The highest BCUT2D eigenvalue weighted by Gasteiger charge is 2.31. The summed E-state index contributed by atoms with van der Waals surface area (Å²) >= 11 is 5.95. The summed E-state index contributed by atoms with van der Waals surface area (Å²) in [6.45, 7) is 3.62. The van der Waals surface area contributed by atoms with Crippen molar-refractivity contribution in [3.63, 3.8) is 0 Å². The van der Waals surface area contributed by atoms with Gasteiger partial charge in [-0.1, -0.05) is 6.42 Å². The van der Waals surface area contributed by atoms with E-state index in [9.17, 15) is 4.79 Å². The molecule has 0 spiro atoms. The molecule has 4 heteroatoms. The van der Waals surface area contributed by atoms with Gasteiger partial charge in [0.15, 0.2) is 0 Å². The number of carbonyl (C=O) groups excluding carboxylic acids is 1. The van der Waals surface area contributed by atoms with Crippen molar-refractivity contribution in [1.82, 2.24) is 5.32 Å². The van der Waals surface area contributed by atoms with Crippen molar-refractivity contribution in [2.45, 2.75) is 51.6 Å². The van der Waals surface area contributed by atoms with E-state index in [1.165, 1.54) is 19.3 Å². The second kappa shape index (κ2) is 7.49. The molecule has 3 nitrogen and oxygen atoms in total. The molecular formula is C15H26ClNO2. The van der Waals surface area contributed by atoms with Crippen molar-refractivity contribution in [3.8, 4) is 0 Å². The number of hydrogen-bond acceptors (Lipinski definition) is 2. The molecule has 1 N–H and O–H groups in total. The van der Waals surface area contributed by atoms with Gasteiger partial charge in [-0.3, -0.25) is 4.79 Å². The quantitative estimate of drug-likeness (QED) is 0.731. The summed E-state index contributed by atoms with van der Waals surface area (Å²) in [6, 6.07) is 0. The number of carbonyl (C=O) groups is 1. The zero-order valence-corrected chi connectivity index (χ0v) is 12.6. The normalized spacial score (nSPS) is 34.0. The monoisotopic (exact) mass is 287 g/mol. The Balaban J connectivity index is 1.58. The van der Waals surface area contributed by atoms with Crippen LogP contribution in [0.1, 0.15) is 45.4 Å². The Bertz CT molecular complexity index is 292. The summed E-state index contributed by atoms with van der Waals surface area (Å²) in [4.78, 5) is 11.9. The highest BCUT2D eigenvalue weighted by atomic mass is 35.5. The highest BCUT2D eigenvalue weighted by molar-refractivity contribution is 6.18. The Morgan fingerprint density at radius 1 is 1.32 bits per heavy atom. The summed E-state index contributed by atoms with van der Waals surface area (Å²) in [7, 11) is 0. The Kier molecular flexibility index (Phi) is 5.96. The maximum absolute atomic E-state index is 11.9. The first-order valence-corrected chi connectivity index (χ1v) is 8.20. The molecule has 0 aromatic rings. The second-order valence-electron chi connectivity index (χ2n) is 6.03. The van der Waals surface area contributed by atoms with E-state index >= 15 is 0 Å². The Morgan fingerprint density at radius 3 is 2.74 bits per heavy atom. The Labute approximate surface area is 121 Å². The van der Waals surface area contributed by atoms with Crippen molar-refractivity contribution in [2.24, 2.45) is 17.8 Å². The van der Waals surface area contributed by atoms with E-state index in [0.717, 1.165) is 31.9 Å². The summed E-state index contributed by atoms with van der Waals surface area (Å²) in [5, 5.41) is 3.10. The SMILES string of the molecule is CCOC1CC(CC(=O)NCC2CCCC2CCl)C1. The Hall–Kier alpha value is -0.280. The van der Waals surface area contributed by atoms with Crippen LogP contribution >= 0.6 is 11.6 Å². The van der Waals surface area contributed by atoms with Gasteiger partial charge in [-0.15, -0.1) is 11.6 Å². The van der Waals surface area contributed by atoms with Gasteiger partial charge in [-0.2, -0.15) is 0 Å². The third kappa shape index (κ3) is 4.35. The van der Waals surface area contributed by atoms with Gasteiger partial charge in [0.2, 0.25) is 5.91 Å². The van der Waals surface area contributed by atoms with Crippen molar-refractivity contribution in [2.75, 3.05) is 19.0 Å². The van der Waals surface area contributed by atoms with E-state index in [4.69, 9.17) is 16.3 Å². The van der Waals surface area contributed by atoms with Crippen LogP contribution in [0.2, 0.25) is 0 Å². The third-order valence-corrected chi connectivity index (χ3v) is 5.04. The fourth-order valence-corrected chi connectivity index (χ4v) is 3.78. The first-order chi connectivity index (χ1) is 9.22. The number of nitrogens with one attached hydrogen (secondary N) is 1. The molecule has 2 rings (SSSR count). The van der Waals surface area contributed by atoms with Gasteiger partial charge in [0.25, 0.3) is 0 Å². The molecule has 2 atom stereocenters. The van der Waals surface area contributed by atoms with Gasteiger partial charge in [0.05, 0.1) is 6.10 Å². The maximum atomic E-state index is 11.9. The van der Waals surface area contributed by atoms with Gasteiger partial charge in [-0.25, -0.2) is 0 Å². The minimum Gasteiger partial charge on any atom is -0.378 e. The number of alkyl halides is 1. The van der Waals surface area contributed by atoms with Crippen LogP contribution in [-0.4, -0.2) is 31.0 Å². The van der Waals surface area contributed by atoms with Crippen LogP contribution in [0, 0.1) is 17.8 Å². The predicted molar refractivity (Wildman–Crippen MR) is 77.3 cm³/mol. The molecule has 2 unspecified atom stereocenters. The number of hydrogen-bond donors (Lipinski definition) is 1. The maximum Gasteiger partial charge on any atom is 0.220 e. The van der Waals surface area contributed by atoms with Crippen LogP contribution in [0.15, 0.2) is 0 Å². The van der Waals surface area contributed by atoms with Gasteiger partial charge in [0.1, 0.15) is 0 Å². The van der Waals surface area contributed by atoms with Crippen LogP contribution < -0.4 is 5.32 Å². The lowest BCUT2D eigenvalue weighted by molar-refractivity contribution is -0.124. The van der Waals surface area contributed by atoms with E-state index in [1.807, 2.05) is 6.92 Å². The molecule has 0 heterocycles. The number of ether oxygens (including phenoxy) is 1. The molecule has 0 saturated heterocycles. The first-order valence-electron chi connectivity index (χ1n) is 7.67. The van der Waals surface area contributed by atoms with Crippen molar-refractivity contribution < 1.29 is 9.53 Å². The fraction of sp³-hybridized carbons (Fsp3) is 0.933. The lowest BCUT2D eigenvalue weighted by Crippen LogP contribution is -2.37. The van der Waals surface area contributed by atoms with Crippen LogP contribution in [0.3, 0.4) is 0 Å². The summed E-state index contributed by atoms with van der Waals surface area (Å²) in [5.74, 6) is 2.68. The molecule has 2 saturated carbocycles. The lowest BCUT2D eigenvalue weighted by Gasteiger charge is -2.34. The van der Waals surface area contributed by atoms with Crippen LogP contribution in [0.5, 0.6) is 0 Å². The molecule has 1 amide bonds. The third-order valence-electron chi connectivity index (χ3n) is 4.65. The van der Waals surface area contributed by atoms with E-state index in [1.54, 1.807) is 0 Å². The average molecular weight is 288 g/mol. The fourth-order valence-electron chi connectivity index (χ4n) is 3.38. The molecule has 0 aromatic heterocycles. The zero-order valence-electron chi connectivity index (χ0n) is 11.9. The second-order valence-corrected chi connectivity index (χ2v) is 6.34. The summed E-state index contributed by atoms with van der Waals surface area (Å²) in [5.41, 5.74) is 0. The topological polar surface area (TPSA) is 38.3 Å². The molecule has 110 valence electrons. The molecule has 0 bridgehead atoms. The van der Waals surface area contributed by atoms with Gasteiger partial charge in [-0.05, 0) is 50.4 Å². The van der Waals surface area contributed by atoms with Gasteiger partial charge >= 0.3 is 0 Å². The average Bonchev–Trinajstić information content (AvgIpc) is 2.81. The van der Waals surface area contributed by atoms with Gasteiger partial charge < -0.3 is 10.1 Å². The van der Waals surface area contributed by atoms with E-state index < -0.39 is 0 Å². The van der Waals surface area contributed by atoms with Crippen molar-refractivity contribution in [1.29, 1.82) is 0 Å². The molecule has 0 radical (unpaired) electrons. The number of amides is 1. The minimum atomic E-state index is 0.208. The van der Waals surface area contributed by atoms with E-state index in [2.05, 4.69) is 5.32 Å². The van der Waals surface area contributed by atoms with Crippen molar-refractivity contribution in [3.05, 3.63) is 0 Å². The predicted octanol–water partition coefficient (Wildman–Crippen LogP) is 2.96. The molecule has 0 aliphatic heterocycles. The molecule has 2 fully saturated rings. The minimum absolute atomic E-state index is 0.208. The van der Waals surface area contributed by atoms with E-state index in [-0.39, 0.29) is 5.91 Å². The first kappa shape index (κ1) is 15.1. The van der Waals surface area contributed by atoms with Crippen LogP contribution in [-0.2, 0) is 9.53 Å². The number of rotatable bonds is 7. The lowest BCUT2D eigenvalue weighted by atomic mass is 9.80. The Morgan fingerprint density at radius 2 is 2.05 bits per heavy atom.